The van der Waals surface area contributed by atoms with Gasteiger partial charge in [0.1, 0.15) is 35.2 Å². The van der Waals surface area contributed by atoms with Gasteiger partial charge in [0, 0.05) is 88.8 Å². The number of aryl methyl sites for hydroxylation is 14. The highest BCUT2D eigenvalue weighted by Crippen LogP contribution is 2.26. The summed E-state index contributed by atoms with van der Waals surface area (Å²) in [5.74, 6) is 0. The number of benzene rings is 5. The van der Waals surface area contributed by atoms with Crippen molar-refractivity contribution in [1.29, 1.82) is 0 Å². The van der Waals surface area contributed by atoms with Crippen LogP contribution in [0.15, 0.2) is 213 Å². The molecule has 5 heterocycles. The Hall–Kier alpha value is -8.15. The fraction of sp³-hybridized carbons (Fsp3) is 0.214. The van der Waals surface area contributed by atoms with Crippen molar-refractivity contribution in [2.24, 2.45) is 35.2 Å². The van der Waals surface area contributed by atoms with Crippen LogP contribution in [0.25, 0.3) is 56.3 Å². The third kappa shape index (κ3) is 14.8. The van der Waals surface area contributed by atoms with E-state index in [4.69, 9.17) is 0 Å². The summed E-state index contributed by atoms with van der Waals surface area (Å²) in [6, 6.07) is 66.0. The van der Waals surface area contributed by atoms with E-state index in [0.29, 0.717) is 0 Å². The maximum Gasteiger partial charge on any atom is 0.215 e. The molecule has 0 aliphatic heterocycles. The van der Waals surface area contributed by atoms with E-state index in [2.05, 4.69) is 340 Å². The van der Waals surface area contributed by atoms with Crippen LogP contribution >= 0.6 is 0 Å². The lowest BCUT2D eigenvalue weighted by Crippen LogP contribution is -2.34. The summed E-state index contributed by atoms with van der Waals surface area (Å²) in [6.07, 6.45) is 8.44. The van der Waals surface area contributed by atoms with Crippen molar-refractivity contribution < 1.29 is 22.8 Å². The molecule has 75 heavy (non-hydrogen) atoms. The maximum atomic E-state index is 2.22. The molecule has 5 nitrogen and oxygen atoms in total. The fourth-order valence-electron chi connectivity index (χ4n) is 9.50. The Balaban J connectivity index is 0.000000152. The summed E-state index contributed by atoms with van der Waals surface area (Å²) >= 11 is 0. The molecule has 0 fully saturated rings. The fourth-order valence-corrected chi connectivity index (χ4v) is 9.50. The molecule has 0 unspecified atom stereocenters. The van der Waals surface area contributed by atoms with Crippen molar-refractivity contribution in [3.8, 4) is 56.3 Å². The van der Waals surface area contributed by atoms with Crippen molar-refractivity contribution in [2.75, 3.05) is 0 Å². The Labute approximate surface area is 450 Å². The third-order valence-corrected chi connectivity index (χ3v) is 13.9. The molecule has 0 spiro atoms. The molecule has 0 saturated heterocycles. The van der Waals surface area contributed by atoms with Crippen LogP contribution in [0.2, 0.25) is 0 Å². The Bertz CT molecular complexity index is 3330. The van der Waals surface area contributed by atoms with Gasteiger partial charge in [-0.3, -0.25) is 0 Å². The molecule has 0 N–H and O–H groups in total. The number of nitrogens with zero attached hydrogens (tertiary/aromatic N) is 5. The molecule has 0 bridgehead atoms. The van der Waals surface area contributed by atoms with E-state index in [-0.39, 0.29) is 0 Å². The zero-order chi connectivity index (χ0) is 54.2. The zero-order valence-corrected chi connectivity index (χ0v) is 47.4. The molecule has 5 aromatic heterocycles. The average Bonchev–Trinajstić information content (AvgIpc) is 3.38. The van der Waals surface area contributed by atoms with E-state index < -0.39 is 0 Å². The molecule has 0 aliphatic carbocycles. The van der Waals surface area contributed by atoms with Gasteiger partial charge in [-0.1, -0.05) is 91.0 Å². The van der Waals surface area contributed by atoms with Gasteiger partial charge in [0.05, 0.1) is 5.56 Å². The van der Waals surface area contributed by atoms with Gasteiger partial charge < -0.3 is 0 Å². The number of hydrogen-bond acceptors (Lipinski definition) is 0. The smallest absolute Gasteiger partial charge is 0.201 e. The molecule has 10 rings (SSSR count). The van der Waals surface area contributed by atoms with Gasteiger partial charge in [-0.25, -0.2) is 18.3 Å². The Morgan fingerprint density at radius 1 is 0.267 bits per heavy atom. The molecule has 0 saturated carbocycles. The summed E-state index contributed by atoms with van der Waals surface area (Å²) in [6.45, 7) is 21.4. The second-order valence-corrected chi connectivity index (χ2v) is 19.9. The maximum absolute atomic E-state index is 2.22. The van der Waals surface area contributed by atoms with Crippen LogP contribution in [0.5, 0.6) is 0 Å². The Kier molecular flexibility index (Phi) is 20.0. The van der Waals surface area contributed by atoms with E-state index in [9.17, 15) is 0 Å². The topological polar surface area (TPSA) is 19.4 Å². The van der Waals surface area contributed by atoms with Crippen molar-refractivity contribution >= 4 is 0 Å². The largest absolute Gasteiger partial charge is 0.215 e. The SMILES string of the molecule is Cc1cc[n+](C)c(-c2ccccc2C)c1.Cc1ccc(-c2ccccc2C)[n+](C)c1.Cc1cccc(C)c1-c1cccc[n+]1C.Cc1ccccc1-c1c(C)ccc[n+]1C.Cc1ccccc1-c1cccc(C)[n+]1C. The zero-order valence-electron chi connectivity index (χ0n) is 47.4. The van der Waals surface area contributed by atoms with Crippen LogP contribution in [0.3, 0.4) is 0 Å². The number of aromatic nitrogens is 5. The van der Waals surface area contributed by atoms with Gasteiger partial charge in [0.2, 0.25) is 28.5 Å². The van der Waals surface area contributed by atoms with E-state index in [1.165, 1.54) is 112 Å². The van der Waals surface area contributed by atoms with Crippen LogP contribution in [0.4, 0.5) is 0 Å². The van der Waals surface area contributed by atoms with Gasteiger partial charge in [0.25, 0.3) is 0 Å². The van der Waals surface area contributed by atoms with Crippen LogP contribution in [0, 0.1) is 69.2 Å². The molecular formula is C70H80N5+5. The van der Waals surface area contributed by atoms with E-state index in [1.807, 2.05) is 0 Å². The molecular weight excluding hydrogens is 911 g/mol. The Morgan fingerprint density at radius 2 is 0.707 bits per heavy atom. The number of pyridine rings is 5. The van der Waals surface area contributed by atoms with E-state index in [1.54, 1.807) is 0 Å². The predicted molar refractivity (Wildman–Crippen MR) is 313 cm³/mol. The lowest BCUT2D eigenvalue weighted by Gasteiger charge is -2.07. The van der Waals surface area contributed by atoms with Crippen LogP contribution < -0.4 is 22.8 Å². The molecule has 0 atom stereocenters. The standard InChI is InChI=1S/5C14H16N/c1-11-7-6-8-12(2)14(11)13-9-4-5-10-15(13)3;1-11-7-4-5-9-13(11)14-12(2)8-6-10-15(14)3;1-11-7-4-5-9-13(11)14-10-6-8-12(2)15(14)3;1-11-8-9-15(3)14(10-11)13-7-5-4-6-12(13)2;1-11-8-9-14(15(3)10-11)13-7-5-4-6-12(13)2/h5*4-10H,1-3H3/q5*+1. The summed E-state index contributed by atoms with van der Waals surface area (Å²) in [5.41, 5.74) is 26.1. The van der Waals surface area contributed by atoms with Crippen molar-refractivity contribution in [2.45, 2.75) is 69.2 Å². The number of hydrogen-bond donors (Lipinski definition) is 0. The summed E-state index contributed by atoms with van der Waals surface area (Å²) in [4.78, 5) is 0. The van der Waals surface area contributed by atoms with Crippen LogP contribution in [-0.2, 0) is 35.2 Å². The second kappa shape index (κ2) is 26.7. The van der Waals surface area contributed by atoms with Gasteiger partial charge in [-0.15, -0.1) is 0 Å². The molecule has 0 radical (unpaired) electrons. The first-order valence-electron chi connectivity index (χ1n) is 26.1. The molecule has 5 aromatic carbocycles. The quantitative estimate of drug-likeness (QED) is 0.153. The minimum Gasteiger partial charge on any atom is -0.201 e. The second-order valence-electron chi connectivity index (χ2n) is 19.9. The van der Waals surface area contributed by atoms with Crippen molar-refractivity contribution in [1.82, 2.24) is 0 Å². The number of rotatable bonds is 5. The van der Waals surface area contributed by atoms with Gasteiger partial charge in [0.15, 0.2) is 30.5 Å². The first kappa shape index (κ1) is 56.2. The van der Waals surface area contributed by atoms with Gasteiger partial charge in [-0.05, 0) is 150 Å². The Morgan fingerprint density at radius 3 is 1.24 bits per heavy atom. The normalized spacial score (nSPS) is 10.3. The molecule has 10 aromatic rings. The minimum atomic E-state index is 1.26. The highest BCUT2D eigenvalue weighted by molar-refractivity contribution is 5.66. The molecule has 5 heteroatoms. The van der Waals surface area contributed by atoms with Crippen molar-refractivity contribution in [3.05, 3.63) is 269 Å². The third-order valence-electron chi connectivity index (χ3n) is 13.9. The lowest BCUT2D eigenvalue weighted by atomic mass is 9.99. The van der Waals surface area contributed by atoms with Crippen LogP contribution in [-0.4, -0.2) is 0 Å². The highest BCUT2D eigenvalue weighted by Gasteiger charge is 2.17. The minimum absolute atomic E-state index is 1.26. The molecule has 0 aliphatic rings. The summed E-state index contributed by atoms with van der Waals surface area (Å²) in [5, 5.41) is 0. The first-order chi connectivity index (χ1) is 36.0. The summed E-state index contributed by atoms with van der Waals surface area (Å²) in [7, 11) is 10.5. The summed E-state index contributed by atoms with van der Waals surface area (Å²) < 4.78 is 10.9. The van der Waals surface area contributed by atoms with Crippen LogP contribution in [0.1, 0.15) is 55.8 Å². The lowest BCUT2D eigenvalue weighted by molar-refractivity contribution is -0.666. The average molecular weight is 991 g/mol. The van der Waals surface area contributed by atoms with Gasteiger partial charge >= 0.3 is 0 Å². The molecule has 380 valence electrons. The molecule has 0 amide bonds. The first-order valence-corrected chi connectivity index (χ1v) is 26.1. The predicted octanol–water partition coefficient (Wildman–Crippen LogP) is 14.0. The monoisotopic (exact) mass is 991 g/mol. The van der Waals surface area contributed by atoms with E-state index >= 15 is 0 Å². The van der Waals surface area contributed by atoms with Crippen molar-refractivity contribution in [3.63, 3.8) is 0 Å². The van der Waals surface area contributed by atoms with Gasteiger partial charge in [-0.2, -0.15) is 4.57 Å². The van der Waals surface area contributed by atoms with E-state index in [0.717, 1.165) is 0 Å². The highest BCUT2D eigenvalue weighted by atomic mass is 14.9.